The fraction of sp³-hybridized carbons (Fsp3) is 0. The lowest BCUT2D eigenvalue weighted by Gasteiger charge is -2.22. The molecule has 0 spiro atoms. The summed E-state index contributed by atoms with van der Waals surface area (Å²) in [6.45, 7) is 0. The third-order valence-corrected chi connectivity index (χ3v) is 7.01. The molecule has 0 aromatic heterocycles. The van der Waals surface area contributed by atoms with Crippen LogP contribution in [0.15, 0.2) is 133 Å². The number of hydrogen-bond acceptors (Lipinski definition) is 0. The Morgan fingerprint density at radius 2 is 0.706 bits per heavy atom. The van der Waals surface area contributed by atoms with E-state index >= 15 is 0 Å². The predicted octanol–water partition coefficient (Wildman–Crippen LogP) is 9.49. The van der Waals surface area contributed by atoms with Crippen molar-refractivity contribution in [3.05, 3.63) is 133 Å². The van der Waals surface area contributed by atoms with Crippen molar-refractivity contribution >= 4 is 10.8 Å². The molecule has 6 aromatic rings. The Balaban J connectivity index is 1.78. The molecule has 0 bridgehead atoms. The van der Waals surface area contributed by atoms with Crippen molar-refractivity contribution in [1.82, 2.24) is 0 Å². The Kier molecular flexibility index (Phi) is 4.25. The van der Waals surface area contributed by atoms with Gasteiger partial charge < -0.3 is 0 Å². The van der Waals surface area contributed by atoms with Gasteiger partial charge in [-0.15, -0.1) is 0 Å². The summed E-state index contributed by atoms with van der Waals surface area (Å²) in [5.41, 5.74) is 13.0. The molecular weight excluding hydrogens is 408 g/mol. The molecular formula is C34H22. The molecule has 0 radical (unpaired) electrons. The molecule has 0 atom stereocenters. The normalized spacial score (nSPS) is 11.5. The molecule has 34 heavy (non-hydrogen) atoms. The predicted molar refractivity (Wildman–Crippen MR) is 145 cm³/mol. The smallest absolute Gasteiger partial charge is 0.000763 e. The standard InChI is InChI=1S/C34H22/c1-4-13-23(14-5-1)30-29-22-12-21-27-26-19-10-11-20-28(26)34(33(27)29)32(25-17-8-3-9-18-25)31(30)24-15-6-2-7-16-24/h1-22H. The molecule has 0 saturated carbocycles. The van der Waals surface area contributed by atoms with Gasteiger partial charge in [-0.2, -0.15) is 0 Å². The minimum Gasteiger partial charge on any atom is -0.0622 e. The van der Waals surface area contributed by atoms with Crippen molar-refractivity contribution in [2.75, 3.05) is 0 Å². The highest BCUT2D eigenvalue weighted by atomic mass is 14.3. The first-order valence-corrected chi connectivity index (χ1v) is 11.8. The van der Waals surface area contributed by atoms with E-state index in [1.807, 2.05) is 0 Å². The summed E-state index contributed by atoms with van der Waals surface area (Å²) in [5, 5.41) is 2.68. The number of benzene rings is 6. The summed E-state index contributed by atoms with van der Waals surface area (Å²) in [6, 6.07) is 48.3. The van der Waals surface area contributed by atoms with E-state index in [0.29, 0.717) is 0 Å². The van der Waals surface area contributed by atoms with E-state index in [-0.39, 0.29) is 0 Å². The minimum absolute atomic E-state index is 1.24. The van der Waals surface area contributed by atoms with E-state index in [1.54, 1.807) is 0 Å². The quantitative estimate of drug-likeness (QED) is 0.262. The average Bonchev–Trinajstić information content (AvgIpc) is 3.26. The fourth-order valence-electron chi connectivity index (χ4n) is 5.66. The van der Waals surface area contributed by atoms with Crippen molar-refractivity contribution in [3.8, 4) is 55.6 Å². The topological polar surface area (TPSA) is 0 Å². The van der Waals surface area contributed by atoms with Crippen LogP contribution in [0.5, 0.6) is 0 Å². The Hall–Kier alpha value is -4.42. The van der Waals surface area contributed by atoms with Crippen LogP contribution in [0.3, 0.4) is 0 Å². The first kappa shape index (κ1) is 19.1. The molecule has 1 aliphatic carbocycles. The van der Waals surface area contributed by atoms with Gasteiger partial charge in [0, 0.05) is 0 Å². The molecule has 158 valence electrons. The second-order valence-electron chi connectivity index (χ2n) is 8.87. The molecule has 6 aromatic carbocycles. The summed E-state index contributed by atoms with van der Waals surface area (Å²) in [5.74, 6) is 0. The van der Waals surface area contributed by atoms with E-state index < -0.39 is 0 Å². The Morgan fingerprint density at radius 3 is 1.29 bits per heavy atom. The fourth-order valence-corrected chi connectivity index (χ4v) is 5.66. The van der Waals surface area contributed by atoms with Crippen molar-refractivity contribution in [2.45, 2.75) is 0 Å². The third kappa shape index (κ3) is 2.72. The van der Waals surface area contributed by atoms with E-state index in [2.05, 4.69) is 133 Å². The molecule has 7 rings (SSSR count). The zero-order valence-electron chi connectivity index (χ0n) is 18.7. The molecule has 0 unspecified atom stereocenters. The lowest BCUT2D eigenvalue weighted by molar-refractivity contribution is 1.58. The van der Waals surface area contributed by atoms with Crippen molar-refractivity contribution in [2.24, 2.45) is 0 Å². The Labute approximate surface area is 199 Å². The van der Waals surface area contributed by atoms with Crippen LogP contribution in [0, 0.1) is 0 Å². The maximum Gasteiger partial charge on any atom is -0.000763 e. The summed E-state index contributed by atoms with van der Waals surface area (Å²) >= 11 is 0. The molecule has 0 amide bonds. The van der Waals surface area contributed by atoms with Gasteiger partial charge in [-0.05, 0) is 66.4 Å². The number of rotatable bonds is 3. The zero-order chi connectivity index (χ0) is 22.5. The van der Waals surface area contributed by atoms with Crippen LogP contribution in [0.4, 0.5) is 0 Å². The van der Waals surface area contributed by atoms with Crippen LogP contribution in [-0.4, -0.2) is 0 Å². The lowest BCUT2D eigenvalue weighted by Crippen LogP contribution is -1.95. The average molecular weight is 431 g/mol. The molecule has 0 heterocycles. The van der Waals surface area contributed by atoms with Crippen molar-refractivity contribution < 1.29 is 0 Å². The molecule has 0 fully saturated rings. The van der Waals surface area contributed by atoms with Gasteiger partial charge in [-0.25, -0.2) is 0 Å². The number of fused-ring (bicyclic) bond motifs is 3. The van der Waals surface area contributed by atoms with Gasteiger partial charge in [-0.3, -0.25) is 0 Å². The van der Waals surface area contributed by atoms with Crippen LogP contribution in [0.1, 0.15) is 0 Å². The van der Waals surface area contributed by atoms with Gasteiger partial charge >= 0.3 is 0 Å². The minimum atomic E-state index is 1.24. The molecule has 0 saturated heterocycles. The zero-order valence-corrected chi connectivity index (χ0v) is 18.7. The molecule has 0 aliphatic heterocycles. The van der Waals surface area contributed by atoms with Crippen LogP contribution in [0.2, 0.25) is 0 Å². The first-order chi connectivity index (χ1) is 16.9. The second-order valence-corrected chi connectivity index (χ2v) is 8.87. The molecule has 1 aliphatic rings. The second kappa shape index (κ2) is 7.57. The van der Waals surface area contributed by atoms with Gasteiger partial charge in [0.2, 0.25) is 0 Å². The largest absolute Gasteiger partial charge is 0.0622 e. The van der Waals surface area contributed by atoms with E-state index in [0.717, 1.165) is 0 Å². The summed E-state index contributed by atoms with van der Waals surface area (Å²) < 4.78 is 0. The summed E-state index contributed by atoms with van der Waals surface area (Å²) in [6.07, 6.45) is 0. The maximum atomic E-state index is 2.30. The monoisotopic (exact) mass is 430 g/mol. The van der Waals surface area contributed by atoms with Crippen LogP contribution >= 0.6 is 0 Å². The lowest BCUT2D eigenvalue weighted by atomic mass is 9.80. The maximum absolute atomic E-state index is 2.30. The Morgan fingerprint density at radius 1 is 0.265 bits per heavy atom. The SMILES string of the molecule is c1ccc(-c2c(-c3ccccc3)c3c4c(cccc4c2-c2ccccc2)-c2ccccc2-3)cc1. The highest BCUT2D eigenvalue weighted by Gasteiger charge is 2.29. The molecule has 0 N–H and O–H groups in total. The summed E-state index contributed by atoms with van der Waals surface area (Å²) in [4.78, 5) is 0. The van der Waals surface area contributed by atoms with Crippen molar-refractivity contribution in [3.63, 3.8) is 0 Å². The highest BCUT2D eigenvalue weighted by molar-refractivity contribution is 6.26. The van der Waals surface area contributed by atoms with E-state index in [4.69, 9.17) is 0 Å². The van der Waals surface area contributed by atoms with Gasteiger partial charge in [-0.1, -0.05) is 133 Å². The van der Waals surface area contributed by atoms with Crippen LogP contribution < -0.4 is 0 Å². The van der Waals surface area contributed by atoms with Gasteiger partial charge in [0.1, 0.15) is 0 Å². The van der Waals surface area contributed by atoms with Gasteiger partial charge in [0.05, 0.1) is 0 Å². The van der Waals surface area contributed by atoms with Crippen molar-refractivity contribution in [1.29, 1.82) is 0 Å². The van der Waals surface area contributed by atoms with E-state index in [1.165, 1.54) is 66.4 Å². The Bertz CT molecular complexity index is 1620. The third-order valence-electron chi connectivity index (χ3n) is 7.01. The molecule has 0 heteroatoms. The van der Waals surface area contributed by atoms with Gasteiger partial charge in [0.15, 0.2) is 0 Å². The number of hydrogen-bond donors (Lipinski definition) is 0. The van der Waals surface area contributed by atoms with Gasteiger partial charge in [0.25, 0.3) is 0 Å². The first-order valence-electron chi connectivity index (χ1n) is 11.8. The van der Waals surface area contributed by atoms with E-state index in [9.17, 15) is 0 Å². The molecule has 0 nitrogen and oxygen atoms in total. The van der Waals surface area contributed by atoms with Crippen LogP contribution in [0.25, 0.3) is 66.4 Å². The highest BCUT2D eigenvalue weighted by Crippen LogP contribution is 2.57. The summed E-state index contributed by atoms with van der Waals surface area (Å²) in [7, 11) is 0. The van der Waals surface area contributed by atoms with Crippen LogP contribution in [-0.2, 0) is 0 Å².